The second-order valence-corrected chi connectivity index (χ2v) is 2.48. The molecule has 2 rings (SSSR count). The summed E-state index contributed by atoms with van der Waals surface area (Å²) < 4.78 is 1.71. The number of aromatic nitrogens is 4. The fourth-order valence-corrected chi connectivity index (χ4v) is 1.10. The van der Waals surface area contributed by atoms with E-state index in [0.717, 1.165) is 12.2 Å². The number of hydrogen-bond donors (Lipinski definition) is 1. The maximum absolute atomic E-state index is 5.67. The van der Waals surface area contributed by atoms with Crippen molar-refractivity contribution in [3.63, 3.8) is 0 Å². The van der Waals surface area contributed by atoms with Gasteiger partial charge in [-0.3, -0.25) is 0 Å². The van der Waals surface area contributed by atoms with Crippen LogP contribution in [0.2, 0.25) is 0 Å². The maximum atomic E-state index is 5.67. The summed E-state index contributed by atoms with van der Waals surface area (Å²) in [6.07, 6.45) is 1.66. The van der Waals surface area contributed by atoms with Gasteiger partial charge in [0.15, 0.2) is 11.2 Å². The number of rotatable bonds is 1. The van der Waals surface area contributed by atoms with Crippen LogP contribution in [0, 0.1) is 0 Å². The van der Waals surface area contributed by atoms with Gasteiger partial charge in [-0.25, -0.2) is 9.67 Å². The molecule has 5 heteroatoms. The van der Waals surface area contributed by atoms with Crippen molar-refractivity contribution in [1.29, 1.82) is 0 Å². The van der Waals surface area contributed by atoms with Crippen molar-refractivity contribution < 1.29 is 0 Å². The minimum absolute atomic E-state index is 0.625. The Labute approximate surface area is 69.2 Å². The first kappa shape index (κ1) is 7.02. The molecule has 0 aliphatic heterocycles. The molecule has 0 radical (unpaired) electrons. The number of nitrogen functional groups attached to an aromatic ring is 1. The lowest BCUT2D eigenvalue weighted by atomic mass is 10.4. The van der Waals surface area contributed by atoms with E-state index >= 15 is 0 Å². The van der Waals surface area contributed by atoms with Gasteiger partial charge in [0.05, 0.1) is 5.69 Å². The Morgan fingerprint density at radius 1 is 1.58 bits per heavy atom. The molecule has 0 bridgehead atoms. The molecule has 0 aliphatic rings. The predicted molar refractivity (Wildman–Crippen MR) is 45.4 cm³/mol. The van der Waals surface area contributed by atoms with E-state index in [1.807, 2.05) is 6.92 Å². The fourth-order valence-electron chi connectivity index (χ4n) is 1.10. The van der Waals surface area contributed by atoms with Crippen LogP contribution in [-0.2, 0) is 6.54 Å². The van der Waals surface area contributed by atoms with Crippen LogP contribution >= 0.6 is 0 Å². The van der Waals surface area contributed by atoms with Gasteiger partial charge in [0.2, 0.25) is 0 Å². The zero-order valence-corrected chi connectivity index (χ0v) is 6.73. The first-order valence-corrected chi connectivity index (χ1v) is 3.76. The molecular formula is C7H9N5. The molecule has 62 valence electrons. The maximum Gasteiger partial charge on any atom is 0.180 e. The van der Waals surface area contributed by atoms with Crippen molar-refractivity contribution in [2.45, 2.75) is 13.5 Å². The van der Waals surface area contributed by atoms with E-state index in [4.69, 9.17) is 5.73 Å². The third-order valence-corrected chi connectivity index (χ3v) is 1.73. The molecule has 5 nitrogen and oxygen atoms in total. The molecule has 0 atom stereocenters. The summed E-state index contributed by atoms with van der Waals surface area (Å²) in [5.74, 6) is 0. The smallest absolute Gasteiger partial charge is 0.180 e. The third-order valence-electron chi connectivity index (χ3n) is 1.73. The van der Waals surface area contributed by atoms with Crippen LogP contribution in [0.25, 0.3) is 11.2 Å². The van der Waals surface area contributed by atoms with Crippen LogP contribution in [0.1, 0.15) is 6.92 Å². The number of hydrogen-bond acceptors (Lipinski definition) is 4. The Morgan fingerprint density at radius 3 is 3.17 bits per heavy atom. The van der Waals surface area contributed by atoms with E-state index in [-0.39, 0.29) is 0 Å². The van der Waals surface area contributed by atoms with Crippen molar-refractivity contribution >= 4 is 16.9 Å². The Morgan fingerprint density at radius 2 is 2.42 bits per heavy atom. The molecular weight excluding hydrogens is 154 g/mol. The van der Waals surface area contributed by atoms with Crippen LogP contribution < -0.4 is 5.73 Å². The van der Waals surface area contributed by atoms with Crippen LogP contribution in [0.5, 0.6) is 0 Å². The van der Waals surface area contributed by atoms with Crippen molar-refractivity contribution in [3.05, 3.63) is 12.3 Å². The van der Waals surface area contributed by atoms with E-state index in [1.54, 1.807) is 16.9 Å². The van der Waals surface area contributed by atoms with E-state index in [2.05, 4.69) is 15.3 Å². The van der Waals surface area contributed by atoms with E-state index in [9.17, 15) is 0 Å². The van der Waals surface area contributed by atoms with E-state index in [1.165, 1.54) is 0 Å². The average Bonchev–Trinajstić information content (AvgIpc) is 2.49. The van der Waals surface area contributed by atoms with Gasteiger partial charge in [0.25, 0.3) is 0 Å². The minimum Gasteiger partial charge on any atom is -0.397 e. The SMILES string of the molecule is CCn1nnc2c(N)ccnc21. The first-order valence-electron chi connectivity index (χ1n) is 3.76. The molecule has 12 heavy (non-hydrogen) atoms. The number of aryl methyl sites for hydroxylation is 1. The number of nitrogens with two attached hydrogens (primary N) is 1. The largest absolute Gasteiger partial charge is 0.397 e. The molecule has 0 spiro atoms. The quantitative estimate of drug-likeness (QED) is 0.661. The Kier molecular flexibility index (Phi) is 1.43. The number of anilines is 1. The van der Waals surface area contributed by atoms with Gasteiger partial charge >= 0.3 is 0 Å². The average molecular weight is 163 g/mol. The molecule has 0 amide bonds. The summed E-state index contributed by atoms with van der Waals surface area (Å²) in [4.78, 5) is 4.13. The minimum atomic E-state index is 0.625. The molecule has 0 saturated carbocycles. The summed E-state index contributed by atoms with van der Waals surface area (Å²) in [6.45, 7) is 2.74. The topological polar surface area (TPSA) is 69.6 Å². The second kappa shape index (κ2) is 2.44. The van der Waals surface area contributed by atoms with Crippen LogP contribution in [-0.4, -0.2) is 20.0 Å². The van der Waals surface area contributed by atoms with Crippen molar-refractivity contribution in [3.8, 4) is 0 Å². The van der Waals surface area contributed by atoms with Crippen molar-refractivity contribution in [2.75, 3.05) is 5.73 Å². The molecule has 2 aromatic heterocycles. The number of fused-ring (bicyclic) bond motifs is 1. The van der Waals surface area contributed by atoms with Crippen LogP contribution in [0.15, 0.2) is 12.3 Å². The summed E-state index contributed by atoms with van der Waals surface area (Å²) >= 11 is 0. The highest BCUT2D eigenvalue weighted by Gasteiger charge is 2.05. The number of nitrogens with zero attached hydrogens (tertiary/aromatic N) is 4. The highest BCUT2D eigenvalue weighted by Crippen LogP contribution is 2.14. The standard InChI is InChI=1S/C7H9N5/c1-2-12-7-6(10-11-12)5(8)3-4-9-7/h3-4H,2H2,1H3,(H2,8,9). The van der Waals surface area contributed by atoms with Crippen molar-refractivity contribution in [2.24, 2.45) is 0 Å². The molecule has 0 unspecified atom stereocenters. The zero-order chi connectivity index (χ0) is 8.55. The third kappa shape index (κ3) is 0.827. The van der Waals surface area contributed by atoms with Crippen molar-refractivity contribution in [1.82, 2.24) is 20.0 Å². The molecule has 2 heterocycles. The van der Waals surface area contributed by atoms with E-state index < -0.39 is 0 Å². The predicted octanol–water partition coefficient (Wildman–Crippen LogP) is 0.428. The molecule has 0 saturated heterocycles. The van der Waals surface area contributed by atoms with Gasteiger partial charge in [-0.1, -0.05) is 5.21 Å². The first-order chi connectivity index (χ1) is 5.83. The van der Waals surface area contributed by atoms with Gasteiger partial charge in [-0.05, 0) is 13.0 Å². The van der Waals surface area contributed by atoms with Crippen LogP contribution in [0.4, 0.5) is 5.69 Å². The summed E-state index contributed by atoms with van der Waals surface area (Å²) in [7, 11) is 0. The van der Waals surface area contributed by atoms with E-state index in [0.29, 0.717) is 11.2 Å². The van der Waals surface area contributed by atoms with Gasteiger partial charge in [-0.2, -0.15) is 0 Å². The van der Waals surface area contributed by atoms with Gasteiger partial charge < -0.3 is 5.73 Å². The monoisotopic (exact) mass is 163 g/mol. The highest BCUT2D eigenvalue weighted by molar-refractivity contribution is 5.82. The molecule has 0 fully saturated rings. The molecule has 0 aromatic carbocycles. The fraction of sp³-hybridized carbons (Fsp3) is 0.286. The summed E-state index contributed by atoms with van der Waals surface area (Å²) in [5.41, 5.74) is 7.72. The normalized spacial score (nSPS) is 10.8. The molecule has 0 aliphatic carbocycles. The Balaban J connectivity index is 2.80. The molecule has 2 aromatic rings. The lowest BCUT2D eigenvalue weighted by molar-refractivity contribution is 0.641. The Hall–Kier alpha value is -1.65. The Bertz CT molecular complexity index is 405. The summed E-state index contributed by atoms with van der Waals surface area (Å²) in [6, 6.07) is 1.72. The van der Waals surface area contributed by atoms with Gasteiger partial charge in [-0.15, -0.1) is 5.10 Å². The lowest BCUT2D eigenvalue weighted by Gasteiger charge is -1.94. The summed E-state index contributed by atoms with van der Waals surface area (Å²) in [5, 5.41) is 7.81. The lowest BCUT2D eigenvalue weighted by Crippen LogP contribution is -1.97. The highest BCUT2D eigenvalue weighted by atomic mass is 15.4. The number of pyridine rings is 1. The molecule has 2 N–H and O–H groups in total. The van der Waals surface area contributed by atoms with Gasteiger partial charge in [0, 0.05) is 12.7 Å². The zero-order valence-electron chi connectivity index (χ0n) is 6.73. The van der Waals surface area contributed by atoms with Crippen LogP contribution in [0.3, 0.4) is 0 Å². The van der Waals surface area contributed by atoms with Gasteiger partial charge in [0.1, 0.15) is 0 Å². The second-order valence-electron chi connectivity index (χ2n) is 2.48.